The van der Waals surface area contributed by atoms with Gasteiger partial charge in [-0.1, -0.05) is 0 Å². The molecule has 55 valence electrons. The molecule has 10 heavy (non-hydrogen) atoms. The molecule has 0 aromatic carbocycles. The van der Waals surface area contributed by atoms with Crippen LogP contribution in [0.4, 0.5) is 0 Å². The van der Waals surface area contributed by atoms with Gasteiger partial charge in [-0.2, -0.15) is 0 Å². The summed E-state index contributed by atoms with van der Waals surface area (Å²) in [5.74, 6) is -3.43. The molecule has 0 heterocycles. The Balaban J connectivity index is 0. The van der Waals surface area contributed by atoms with Crippen molar-refractivity contribution in [3.63, 3.8) is 0 Å². The first kappa shape index (κ1) is 12.2. The Kier molecular flexibility index (Phi) is 6.44. The SMILES string of the molecule is O=C([O-])CC(O)C(=O)[O-].[V+2]. The van der Waals surface area contributed by atoms with Crippen molar-refractivity contribution in [2.75, 3.05) is 0 Å². The first-order valence-electron chi connectivity index (χ1n) is 2.13. The zero-order valence-electron chi connectivity index (χ0n) is 4.81. The molecule has 0 bridgehead atoms. The summed E-state index contributed by atoms with van der Waals surface area (Å²) in [4.78, 5) is 19.1. The van der Waals surface area contributed by atoms with Crippen LogP contribution in [0.25, 0.3) is 0 Å². The third kappa shape index (κ3) is 5.62. The molecule has 0 rings (SSSR count). The number of carboxylic acid groups (broad SMARTS) is 2. The molecule has 0 aromatic rings. The summed E-state index contributed by atoms with van der Waals surface area (Å²) < 4.78 is 0. The van der Waals surface area contributed by atoms with Gasteiger partial charge in [-0.3, -0.25) is 0 Å². The van der Waals surface area contributed by atoms with E-state index < -0.39 is 24.5 Å². The molecule has 0 aliphatic carbocycles. The van der Waals surface area contributed by atoms with Crippen molar-refractivity contribution in [1.82, 2.24) is 0 Å². The molecule has 0 saturated heterocycles. The van der Waals surface area contributed by atoms with Crippen molar-refractivity contribution < 1.29 is 43.5 Å². The Morgan fingerprint density at radius 1 is 1.40 bits per heavy atom. The van der Waals surface area contributed by atoms with Crippen molar-refractivity contribution in [2.24, 2.45) is 0 Å². The van der Waals surface area contributed by atoms with Gasteiger partial charge in [-0.05, 0) is 0 Å². The van der Waals surface area contributed by atoms with Gasteiger partial charge < -0.3 is 24.9 Å². The summed E-state index contributed by atoms with van der Waals surface area (Å²) in [5, 5.41) is 27.3. The molecule has 5 nitrogen and oxygen atoms in total. The van der Waals surface area contributed by atoms with Crippen LogP contribution in [0.1, 0.15) is 6.42 Å². The number of carbonyl (C=O) groups is 2. The van der Waals surface area contributed by atoms with Crippen molar-refractivity contribution in [1.29, 1.82) is 0 Å². The van der Waals surface area contributed by atoms with E-state index in [2.05, 4.69) is 0 Å². The predicted octanol–water partition coefficient (Wildman–Crippen LogP) is -3.77. The molecular weight excluding hydrogens is 179 g/mol. The third-order valence-corrected chi connectivity index (χ3v) is 0.632. The van der Waals surface area contributed by atoms with E-state index in [1.807, 2.05) is 0 Å². The van der Waals surface area contributed by atoms with Gasteiger partial charge in [0.25, 0.3) is 0 Å². The Labute approximate surface area is 68.5 Å². The minimum absolute atomic E-state index is 0. The van der Waals surface area contributed by atoms with E-state index in [0.29, 0.717) is 0 Å². The summed E-state index contributed by atoms with van der Waals surface area (Å²) in [5.41, 5.74) is 0. The van der Waals surface area contributed by atoms with Crippen LogP contribution in [0.2, 0.25) is 0 Å². The van der Waals surface area contributed by atoms with Gasteiger partial charge in [0.1, 0.15) is 0 Å². The number of aliphatic hydroxyl groups excluding tert-OH is 1. The molecule has 6 heteroatoms. The van der Waals surface area contributed by atoms with E-state index in [1.54, 1.807) is 0 Å². The summed E-state index contributed by atoms with van der Waals surface area (Å²) >= 11 is 0. The van der Waals surface area contributed by atoms with Crippen LogP contribution in [-0.4, -0.2) is 23.1 Å². The van der Waals surface area contributed by atoms with E-state index >= 15 is 0 Å². The second-order valence-corrected chi connectivity index (χ2v) is 1.41. The van der Waals surface area contributed by atoms with Crippen molar-refractivity contribution in [2.45, 2.75) is 12.5 Å². The standard InChI is InChI=1S/C4H6O5.V/c5-2(4(8)9)1-3(6)7;/h2,5H,1H2,(H,6,7)(H,8,9);/q;+2/p-2. The van der Waals surface area contributed by atoms with Crippen LogP contribution >= 0.6 is 0 Å². The molecule has 1 atom stereocenters. The second-order valence-electron chi connectivity index (χ2n) is 1.41. The number of aliphatic carboxylic acids is 2. The fraction of sp³-hybridized carbons (Fsp3) is 0.500. The number of hydrogen-bond acceptors (Lipinski definition) is 5. The first-order chi connectivity index (χ1) is 4.04. The molecule has 0 amide bonds. The fourth-order valence-electron chi connectivity index (χ4n) is 0.241. The van der Waals surface area contributed by atoms with Crippen molar-refractivity contribution >= 4 is 11.9 Å². The van der Waals surface area contributed by atoms with Crippen LogP contribution in [-0.2, 0) is 28.1 Å². The Bertz CT molecular complexity index is 134. The maximum atomic E-state index is 9.58. The largest absolute Gasteiger partial charge is 2.00 e. The molecule has 0 spiro atoms. The number of carboxylic acids is 2. The molecule has 0 aromatic heterocycles. The van der Waals surface area contributed by atoms with Gasteiger partial charge >= 0.3 is 18.6 Å². The van der Waals surface area contributed by atoms with E-state index in [-0.39, 0.29) is 18.6 Å². The van der Waals surface area contributed by atoms with E-state index in [9.17, 15) is 19.8 Å². The predicted molar refractivity (Wildman–Crippen MR) is 20.6 cm³/mol. The van der Waals surface area contributed by atoms with Crippen molar-refractivity contribution in [3.05, 3.63) is 0 Å². The van der Waals surface area contributed by atoms with Gasteiger partial charge in [0.05, 0.1) is 12.1 Å². The van der Waals surface area contributed by atoms with Gasteiger partial charge in [-0.25, -0.2) is 0 Å². The Morgan fingerprint density at radius 2 is 1.80 bits per heavy atom. The van der Waals surface area contributed by atoms with Crippen molar-refractivity contribution in [3.8, 4) is 0 Å². The molecule has 1 N–H and O–H groups in total. The van der Waals surface area contributed by atoms with Crippen LogP contribution < -0.4 is 10.2 Å². The van der Waals surface area contributed by atoms with Gasteiger partial charge in [0.15, 0.2) is 0 Å². The fourth-order valence-corrected chi connectivity index (χ4v) is 0.241. The number of aliphatic hydroxyl groups is 1. The minimum atomic E-state index is -1.96. The Hall–Kier alpha value is -0.516. The Morgan fingerprint density at radius 3 is 1.90 bits per heavy atom. The zero-order valence-corrected chi connectivity index (χ0v) is 6.21. The average molecular weight is 183 g/mol. The van der Waals surface area contributed by atoms with Crippen LogP contribution in [0.15, 0.2) is 0 Å². The van der Waals surface area contributed by atoms with Gasteiger partial charge in [0.2, 0.25) is 0 Å². The maximum absolute atomic E-state index is 9.58. The smallest absolute Gasteiger partial charge is 0.550 e. The molecule has 1 radical (unpaired) electrons. The zero-order chi connectivity index (χ0) is 7.44. The van der Waals surface area contributed by atoms with Gasteiger partial charge in [-0.15, -0.1) is 0 Å². The maximum Gasteiger partial charge on any atom is 2.00 e. The molecule has 0 aliphatic rings. The number of rotatable bonds is 3. The van der Waals surface area contributed by atoms with Crippen LogP contribution in [0.3, 0.4) is 0 Å². The summed E-state index contributed by atoms with van der Waals surface area (Å²) in [6.07, 6.45) is -2.89. The van der Waals surface area contributed by atoms with Crippen LogP contribution in [0, 0.1) is 0 Å². The molecule has 0 fully saturated rings. The van der Waals surface area contributed by atoms with E-state index in [1.165, 1.54) is 0 Å². The van der Waals surface area contributed by atoms with Crippen LogP contribution in [0.5, 0.6) is 0 Å². The average Bonchev–Trinajstić information content (AvgIpc) is 1.63. The quantitative estimate of drug-likeness (QED) is 0.484. The molecule has 0 aliphatic heterocycles. The molecule has 1 unspecified atom stereocenters. The summed E-state index contributed by atoms with van der Waals surface area (Å²) in [7, 11) is 0. The topological polar surface area (TPSA) is 100 Å². The van der Waals surface area contributed by atoms with E-state index in [0.717, 1.165) is 0 Å². The van der Waals surface area contributed by atoms with Gasteiger partial charge in [0, 0.05) is 12.4 Å². The molecule has 0 saturated carbocycles. The normalized spacial score (nSPS) is 11.3. The molecular formula is C4H4O5V. The third-order valence-electron chi connectivity index (χ3n) is 0.632. The van der Waals surface area contributed by atoms with E-state index in [4.69, 9.17) is 5.11 Å². The number of carbonyl (C=O) groups excluding carboxylic acids is 2. The first-order valence-corrected chi connectivity index (χ1v) is 2.13. The monoisotopic (exact) mass is 183 g/mol. The number of hydrogen-bond donors (Lipinski definition) is 1. The second kappa shape index (κ2) is 5.28. The summed E-state index contributed by atoms with van der Waals surface area (Å²) in [6.45, 7) is 0. The summed E-state index contributed by atoms with van der Waals surface area (Å²) in [6, 6.07) is 0. The minimum Gasteiger partial charge on any atom is -0.550 e.